The van der Waals surface area contributed by atoms with Crippen LogP contribution in [-0.2, 0) is 7.05 Å². The van der Waals surface area contributed by atoms with Crippen molar-refractivity contribution in [2.75, 3.05) is 0 Å². The van der Waals surface area contributed by atoms with Gasteiger partial charge in [0.2, 0.25) is 0 Å². The molecule has 0 radical (unpaired) electrons. The van der Waals surface area contributed by atoms with E-state index in [0.717, 1.165) is 59.9 Å². The highest BCUT2D eigenvalue weighted by molar-refractivity contribution is 7.17. The van der Waals surface area contributed by atoms with E-state index in [4.69, 9.17) is 4.98 Å². The maximum absolute atomic E-state index is 11.7. The second-order valence-corrected chi connectivity index (χ2v) is 8.82. The lowest BCUT2D eigenvalue weighted by atomic mass is 10.1. The van der Waals surface area contributed by atoms with Gasteiger partial charge in [0.05, 0.1) is 28.0 Å². The van der Waals surface area contributed by atoms with Gasteiger partial charge >= 0.3 is 0 Å². The average Bonchev–Trinajstić information content (AvgIpc) is 3.56. The van der Waals surface area contributed by atoms with E-state index in [9.17, 15) is 4.79 Å². The van der Waals surface area contributed by atoms with Crippen molar-refractivity contribution >= 4 is 39.1 Å². The van der Waals surface area contributed by atoms with Crippen molar-refractivity contribution in [3.63, 3.8) is 0 Å². The number of benzene rings is 1. The fourth-order valence-electron chi connectivity index (χ4n) is 3.97. The summed E-state index contributed by atoms with van der Waals surface area (Å²) in [5, 5.41) is 13.0. The predicted molar refractivity (Wildman–Crippen MR) is 127 cm³/mol. The standard InChI is InChI=1S/C24H18N6OS/c1-13(31)21-8-9-22(32-21)15-4-3-5-18-16(15)10-20(26-18)24-23-19(28-29-24)7-6-17(27-23)14-11-25-30(2)12-14/h3-12,26H,1-2H3,(H,28,29). The van der Waals surface area contributed by atoms with Crippen LogP contribution in [0.1, 0.15) is 16.6 Å². The number of hydrogen-bond donors (Lipinski definition) is 2. The zero-order chi connectivity index (χ0) is 21.8. The van der Waals surface area contributed by atoms with Gasteiger partial charge in [-0.1, -0.05) is 12.1 Å². The van der Waals surface area contributed by atoms with Crippen molar-refractivity contribution in [2.45, 2.75) is 6.92 Å². The van der Waals surface area contributed by atoms with Gasteiger partial charge in [-0.2, -0.15) is 10.2 Å². The number of Topliss-reactive ketones (excluding diaryl/α,β-unsaturated/α-hetero) is 1. The molecule has 1 aromatic carbocycles. The number of nitrogens with zero attached hydrogens (tertiary/aromatic N) is 4. The molecular formula is C24H18N6OS. The average molecular weight is 439 g/mol. The SMILES string of the molecule is CC(=O)c1ccc(-c2cccc3[nH]c(-c4n[nH]c5ccc(-c6cnn(C)c6)nc45)cc23)s1. The number of nitrogens with one attached hydrogen (secondary N) is 2. The Morgan fingerprint density at radius 2 is 2.00 bits per heavy atom. The lowest BCUT2D eigenvalue weighted by Gasteiger charge is -1.99. The summed E-state index contributed by atoms with van der Waals surface area (Å²) >= 11 is 1.51. The third-order valence-electron chi connectivity index (χ3n) is 5.55. The molecule has 0 unspecified atom stereocenters. The summed E-state index contributed by atoms with van der Waals surface area (Å²) in [6, 6.07) is 16.1. The fraction of sp³-hybridized carbons (Fsp3) is 0.0833. The lowest BCUT2D eigenvalue weighted by Crippen LogP contribution is -1.86. The van der Waals surface area contributed by atoms with Crippen LogP contribution < -0.4 is 0 Å². The topological polar surface area (TPSA) is 92.3 Å². The van der Waals surface area contributed by atoms with Crippen LogP contribution in [0.5, 0.6) is 0 Å². The number of ketones is 1. The molecular weight excluding hydrogens is 420 g/mol. The largest absolute Gasteiger partial charge is 0.353 e. The molecule has 156 valence electrons. The van der Waals surface area contributed by atoms with E-state index >= 15 is 0 Å². The molecule has 5 heterocycles. The Balaban J connectivity index is 1.49. The molecule has 2 N–H and O–H groups in total. The van der Waals surface area contributed by atoms with Gasteiger partial charge in [0.25, 0.3) is 0 Å². The van der Waals surface area contributed by atoms with E-state index < -0.39 is 0 Å². The second kappa shape index (κ2) is 7.00. The number of H-pyrrole nitrogens is 2. The molecule has 0 amide bonds. The Bertz CT molecular complexity index is 1630. The molecule has 0 saturated carbocycles. The molecule has 8 heteroatoms. The summed E-state index contributed by atoms with van der Waals surface area (Å²) in [5.41, 5.74) is 7.23. The first kappa shape index (κ1) is 18.7. The van der Waals surface area contributed by atoms with Gasteiger partial charge < -0.3 is 4.98 Å². The molecule has 0 saturated heterocycles. The predicted octanol–water partition coefficient (Wildman–Crippen LogP) is 5.44. The zero-order valence-corrected chi connectivity index (χ0v) is 18.2. The summed E-state index contributed by atoms with van der Waals surface area (Å²) < 4.78 is 1.76. The van der Waals surface area contributed by atoms with Crippen molar-refractivity contribution in [2.24, 2.45) is 7.05 Å². The van der Waals surface area contributed by atoms with Gasteiger partial charge in [0, 0.05) is 40.2 Å². The van der Waals surface area contributed by atoms with Crippen LogP contribution in [0.15, 0.2) is 60.9 Å². The number of hydrogen-bond acceptors (Lipinski definition) is 5. The Morgan fingerprint density at radius 3 is 2.78 bits per heavy atom. The Labute approximate surface area is 186 Å². The van der Waals surface area contributed by atoms with Gasteiger partial charge in [0.15, 0.2) is 5.78 Å². The van der Waals surface area contributed by atoms with Gasteiger partial charge in [-0.15, -0.1) is 11.3 Å². The van der Waals surface area contributed by atoms with Gasteiger partial charge in [-0.05, 0) is 43.3 Å². The molecule has 0 aliphatic heterocycles. The van der Waals surface area contributed by atoms with E-state index in [1.54, 1.807) is 17.8 Å². The molecule has 6 aromatic rings. The van der Waals surface area contributed by atoms with Crippen LogP contribution in [0, 0.1) is 0 Å². The van der Waals surface area contributed by atoms with E-state index in [1.807, 2.05) is 49.6 Å². The Hall–Kier alpha value is -4.04. The number of thiophene rings is 1. The smallest absolute Gasteiger partial charge is 0.169 e. The molecule has 0 bridgehead atoms. The minimum Gasteiger partial charge on any atom is -0.353 e. The normalized spacial score (nSPS) is 11.6. The molecule has 32 heavy (non-hydrogen) atoms. The number of carbonyl (C=O) groups excluding carboxylic acids is 1. The van der Waals surface area contributed by atoms with Crippen molar-refractivity contribution < 1.29 is 4.79 Å². The fourth-order valence-corrected chi connectivity index (χ4v) is 4.91. The summed E-state index contributed by atoms with van der Waals surface area (Å²) in [4.78, 5) is 21.9. The van der Waals surface area contributed by atoms with Gasteiger partial charge in [-0.3, -0.25) is 14.6 Å². The quantitative estimate of drug-likeness (QED) is 0.359. The number of aryl methyl sites for hydroxylation is 1. The maximum Gasteiger partial charge on any atom is 0.169 e. The lowest BCUT2D eigenvalue weighted by molar-refractivity contribution is 0.102. The monoisotopic (exact) mass is 438 g/mol. The first-order valence-corrected chi connectivity index (χ1v) is 11.0. The third-order valence-corrected chi connectivity index (χ3v) is 6.77. The number of carbonyl (C=O) groups is 1. The summed E-state index contributed by atoms with van der Waals surface area (Å²) in [5.74, 6) is 0.0849. The van der Waals surface area contributed by atoms with Crippen LogP contribution >= 0.6 is 11.3 Å². The van der Waals surface area contributed by atoms with Gasteiger partial charge in [0.1, 0.15) is 11.2 Å². The summed E-state index contributed by atoms with van der Waals surface area (Å²) in [6.07, 6.45) is 3.75. The molecule has 7 nitrogen and oxygen atoms in total. The first-order valence-electron chi connectivity index (χ1n) is 10.1. The number of aromatic nitrogens is 6. The number of pyridine rings is 1. The van der Waals surface area contributed by atoms with Crippen LogP contribution in [0.4, 0.5) is 0 Å². The zero-order valence-electron chi connectivity index (χ0n) is 17.4. The molecule has 0 spiro atoms. The first-order chi connectivity index (χ1) is 15.6. The molecule has 0 aliphatic rings. The van der Waals surface area contributed by atoms with E-state index in [-0.39, 0.29) is 5.78 Å². The van der Waals surface area contributed by atoms with Crippen LogP contribution in [0.2, 0.25) is 0 Å². The third kappa shape index (κ3) is 2.96. The van der Waals surface area contributed by atoms with Crippen molar-refractivity contribution in [1.82, 2.24) is 29.9 Å². The van der Waals surface area contributed by atoms with Crippen molar-refractivity contribution in [3.8, 4) is 33.1 Å². The highest BCUT2D eigenvalue weighted by atomic mass is 32.1. The van der Waals surface area contributed by atoms with Crippen molar-refractivity contribution in [1.29, 1.82) is 0 Å². The molecule has 0 fully saturated rings. The van der Waals surface area contributed by atoms with E-state index in [2.05, 4.69) is 32.4 Å². The van der Waals surface area contributed by atoms with Crippen molar-refractivity contribution in [3.05, 3.63) is 65.8 Å². The number of aromatic amines is 2. The minimum atomic E-state index is 0.0849. The van der Waals surface area contributed by atoms with E-state index in [0.29, 0.717) is 0 Å². The molecule has 5 aromatic heterocycles. The number of rotatable bonds is 4. The Morgan fingerprint density at radius 1 is 1.09 bits per heavy atom. The summed E-state index contributed by atoms with van der Waals surface area (Å²) in [6.45, 7) is 1.60. The van der Waals surface area contributed by atoms with Crippen LogP contribution in [0.25, 0.3) is 55.0 Å². The van der Waals surface area contributed by atoms with Crippen LogP contribution in [-0.4, -0.2) is 35.7 Å². The van der Waals surface area contributed by atoms with Crippen LogP contribution in [0.3, 0.4) is 0 Å². The summed E-state index contributed by atoms with van der Waals surface area (Å²) in [7, 11) is 1.89. The van der Waals surface area contributed by atoms with E-state index in [1.165, 1.54) is 11.3 Å². The number of fused-ring (bicyclic) bond motifs is 2. The molecule has 6 rings (SSSR count). The molecule has 0 atom stereocenters. The second-order valence-electron chi connectivity index (χ2n) is 7.74. The minimum absolute atomic E-state index is 0.0849. The Kier molecular flexibility index (Phi) is 4.09. The molecule has 0 aliphatic carbocycles. The maximum atomic E-state index is 11.7. The van der Waals surface area contributed by atoms with Gasteiger partial charge in [-0.25, -0.2) is 4.98 Å². The highest BCUT2D eigenvalue weighted by Gasteiger charge is 2.16. The highest BCUT2D eigenvalue weighted by Crippen LogP contribution is 2.37.